The van der Waals surface area contributed by atoms with Crippen LogP contribution in [0, 0.1) is 5.92 Å². The molecule has 0 aromatic heterocycles. The number of unbranched alkanes of at least 4 members (excludes halogenated alkanes) is 4. The van der Waals surface area contributed by atoms with Crippen molar-refractivity contribution in [1.29, 1.82) is 0 Å². The molecule has 3 heteroatoms. The van der Waals surface area contributed by atoms with Crippen molar-refractivity contribution in [3.05, 3.63) is 34.3 Å². The molecule has 1 aromatic carbocycles. The van der Waals surface area contributed by atoms with Gasteiger partial charge in [0.25, 0.3) is 0 Å². The van der Waals surface area contributed by atoms with Gasteiger partial charge < -0.3 is 9.47 Å². The van der Waals surface area contributed by atoms with E-state index in [1.54, 1.807) is 0 Å². The molecular weight excluding hydrogens is 316 g/mol. The predicted octanol–water partition coefficient (Wildman–Crippen LogP) is 5.47. The van der Waals surface area contributed by atoms with Gasteiger partial charge in [-0.15, -0.1) is 0 Å². The molecule has 20 heavy (non-hydrogen) atoms. The van der Waals surface area contributed by atoms with Gasteiger partial charge in [0.1, 0.15) is 0 Å². The van der Waals surface area contributed by atoms with Crippen LogP contribution in [0.3, 0.4) is 0 Å². The summed E-state index contributed by atoms with van der Waals surface area (Å²) < 4.78 is 12.8. The molecule has 112 valence electrons. The summed E-state index contributed by atoms with van der Waals surface area (Å²) in [6.45, 7) is 3.91. The standard InChI is InChI=1S/C17H25BrO2/c1-2-3-4-5-6-7-14-12-19-17(20-13-14)15-8-10-16(18)11-9-15/h8-11,14,17H,2-7,12-13H2,1H3. The summed E-state index contributed by atoms with van der Waals surface area (Å²) in [5.74, 6) is 0.573. The monoisotopic (exact) mass is 340 g/mol. The Labute approximate surface area is 131 Å². The third-order valence-corrected chi connectivity index (χ3v) is 4.35. The molecule has 1 saturated heterocycles. The van der Waals surface area contributed by atoms with Gasteiger partial charge in [0, 0.05) is 16.0 Å². The van der Waals surface area contributed by atoms with E-state index in [0.717, 1.165) is 23.2 Å². The molecule has 0 N–H and O–H groups in total. The molecule has 1 fully saturated rings. The van der Waals surface area contributed by atoms with Gasteiger partial charge in [0.05, 0.1) is 13.2 Å². The maximum absolute atomic E-state index is 5.86. The molecule has 0 unspecified atom stereocenters. The minimum Gasteiger partial charge on any atom is -0.348 e. The maximum Gasteiger partial charge on any atom is 0.183 e. The van der Waals surface area contributed by atoms with Crippen molar-refractivity contribution in [2.75, 3.05) is 13.2 Å². The van der Waals surface area contributed by atoms with E-state index in [4.69, 9.17) is 9.47 Å². The van der Waals surface area contributed by atoms with E-state index < -0.39 is 0 Å². The predicted molar refractivity (Wildman–Crippen MR) is 85.7 cm³/mol. The van der Waals surface area contributed by atoms with E-state index in [1.807, 2.05) is 12.1 Å². The van der Waals surface area contributed by atoms with Crippen LogP contribution in [0.5, 0.6) is 0 Å². The topological polar surface area (TPSA) is 18.5 Å². The molecule has 1 heterocycles. The minimum absolute atomic E-state index is 0.181. The Balaban J connectivity index is 1.66. The lowest BCUT2D eigenvalue weighted by atomic mass is 10.0. The summed E-state index contributed by atoms with van der Waals surface area (Å²) in [5.41, 5.74) is 1.11. The van der Waals surface area contributed by atoms with Gasteiger partial charge in [-0.3, -0.25) is 0 Å². The highest BCUT2D eigenvalue weighted by atomic mass is 79.9. The summed E-state index contributed by atoms with van der Waals surface area (Å²) in [6, 6.07) is 8.17. The Kier molecular flexibility index (Phi) is 7.05. The Hall–Kier alpha value is -0.380. The number of benzene rings is 1. The fraction of sp³-hybridized carbons (Fsp3) is 0.647. The highest BCUT2D eigenvalue weighted by Crippen LogP contribution is 2.28. The van der Waals surface area contributed by atoms with Crippen LogP contribution in [0.4, 0.5) is 0 Å². The SMILES string of the molecule is CCCCCCCC1COC(c2ccc(Br)cc2)OC1. The zero-order chi connectivity index (χ0) is 14.2. The molecule has 0 radical (unpaired) electrons. The van der Waals surface area contributed by atoms with Gasteiger partial charge in [-0.25, -0.2) is 0 Å². The van der Waals surface area contributed by atoms with Crippen LogP contribution in [0.1, 0.15) is 57.3 Å². The van der Waals surface area contributed by atoms with Crippen LogP contribution in [-0.2, 0) is 9.47 Å². The van der Waals surface area contributed by atoms with Gasteiger partial charge in [0.2, 0.25) is 0 Å². The summed E-state index contributed by atoms with van der Waals surface area (Å²) in [5, 5.41) is 0. The van der Waals surface area contributed by atoms with Gasteiger partial charge in [-0.1, -0.05) is 67.1 Å². The van der Waals surface area contributed by atoms with Gasteiger partial charge in [-0.2, -0.15) is 0 Å². The van der Waals surface area contributed by atoms with Crippen molar-refractivity contribution in [1.82, 2.24) is 0 Å². The van der Waals surface area contributed by atoms with Gasteiger partial charge in [0.15, 0.2) is 6.29 Å². The van der Waals surface area contributed by atoms with Crippen molar-refractivity contribution in [2.45, 2.75) is 51.7 Å². The van der Waals surface area contributed by atoms with Crippen LogP contribution in [0.25, 0.3) is 0 Å². The van der Waals surface area contributed by atoms with Crippen LogP contribution in [0.2, 0.25) is 0 Å². The molecule has 1 aromatic rings. The first-order chi connectivity index (χ1) is 9.79. The van der Waals surface area contributed by atoms with E-state index >= 15 is 0 Å². The largest absolute Gasteiger partial charge is 0.348 e. The van der Waals surface area contributed by atoms with Crippen LogP contribution in [0.15, 0.2) is 28.7 Å². The summed E-state index contributed by atoms with van der Waals surface area (Å²) in [7, 11) is 0. The molecule has 2 nitrogen and oxygen atoms in total. The molecule has 1 aliphatic rings. The Morgan fingerprint density at radius 3 is 2.30 bits per heavy atom. The van der Waals surface area contributed by atoms with Crippen LogP contribution < -0.4 is 0 Å². The zero-order valence-electron chi connectivity index (χ0n) is 12.3. The lowest BCUT2D eigenvalue weighted by Crippen LogP contribution is -2.27. The molecule has 0 saturated carbocycles. The number of rotatable bonds is 7. The highest BCUT2D eigenvalue weighted by molar-refractivity contribution is 9.10. The zero-order valence-corrected chi connectivity index (χ0v) is 13.9. The molecule has 0 spiro atoms. The first-order valence-corrected chi connectivity index (χ1v) is 8.57. The van der Waals surface area contributed by atoms with E-state index in [9.17, 15) is 0 Å². The number of halogens is 1. The molecule has 0 amide bonds. The maximum atomic E-state index is 5.86. The summed E-state index contributed by atoms with van der Waals surface area (Å²) >= 11 is 3.44. The Bertz CT molecular complexity index is 369. The highest BCUT2D eigenvalue weighted by Gasteiger charge is 2.23. The lowest BCUT2D eigenvalue weighted by Gasteiger charge is -2.29. The molecule has 0 bridgehead atoms. The third kappa shape index (κ3) is 5.19. The summed E-state index contributed by atoms with van der Waals surface area (Å²) in [6.07, 6.45) is 7.75. The lowest BCUT2D eigenvalue weighted by molar-refractivity contribution is -0.206. The van der Waals surface area contributed by atoms with Crippen LogP contribution in [-0.4, -0.2) is 13.2 Å². The second-order valence-corrected chi connectivity index (χ2v) is 6.53. The van der Waals surface area contributed by atoms with E-state index in [1.165, 1.54) is 38.5 Å². The average Bonchev–Trinajstić information content (AvgIpc) is 2.49. The molecule has 0 atom stereocenters. The average molecular weight is 341 g/mol. The first kappa shape index (κ1) is 16.0. The van der Waals surface area contributed by atoms with E-state index in [2.05, 4.69) is 35.0 Å². The van der Waals surface area contributed by atoms with Crippen molar-refractivity contribution in [3.63, 3.8) is 0 Å². The van der Waals surface area contributed by atoms with Crippen molar-refractivity contribution >= 4 is 15.9 Å². The van der Waals surface area contributed by atoms with E-state index in [0.29, 0.717) is 5.92 Å². The van der Waals surface area contributed by atoms with Gasteiger partial charge in [-0.05, 0) is 18.6 Å². The second kappa shape index (κ2) is 8.81. The quantitative estimate of drug-likeness (QED) is 0.612. The van der Waals surface area contributed by atoms with E-state index in [-0.39, 0.29) is 6.29 Å². The Morgan fingerprint density at radius 2 is 1.65 bits per heavy atom. The fourth-order valence-corrected chi connectivity index (χ4v) is 2.82. The third-order valence-electron chi connectivity index (χ3n) is 3.82. The minimum atomic E-state index is -0.181. The number of ether oxygens (including phenoxy) is 2. The summed E-state index contributed by atoms with van der Waals surface area (Å²) in [4.78, 5) is 0. The molecule has 2 rings (SSSR count). The fourth-order valence-electron chi connectivity index (χ4n) is 2.56. The molecule has 0 aliphatic carbocycles. The number of hydrogen-bond acceptors (Lipinski definition) is 2. The van der Waals surface area contributed by atoms with Gasteiger partial charge >= 0.3 is 0 Å². The number of hydrogen-bond donors (Lipinski definition) is 0. The second-order valence-electron chi connectivity index (χ2n) is 5.62. The Morgan fingerprint density at radius 1 is 1.00 bits per heavy atom. The van der Waals surface area contributed by atoms with Crippen molar-refractivity contribution < 1.29 is 9.47 Å². The van der Waals surface area contributed by atoms with Crippen molar-refractivity contribution in [2.24, 2.45) is 5.92 Å². The molecular formula is C17H25BrO2. The van der Waals surface area contributed by atoms with Crippen molar-refractivity contribution in [3.8, 4) is 0 Å². The first-order valence-electron chi connectivity index (χ1n) is 7.78. The normalized spacial score (nSPS) is 22.9. The molecule has 1 aliphatic heterocycles. The van der Waals surface area contributed by atoms with Crippen LogP contribution >= 0.6 is 15.9 Å². The smallest absolute Gasteiger partial charge is 0.183 e.